The number of aromatic nitrogens is 4. The van der Waals surface area contributed by atoms with Crippen LogP contribution in [0.2, 0.25) is 0 Å². The lowest BCUT2D eigenvalue weighted by Gasteiger charge is -2.18. The maximum absolute atomic E-state index is 5.83. The highest BCUT2D eigenvalue weighted by Crippen LogP contribution is 2.50. The molecule has 0 atom stereocenters. The summed E-state index contributed by atoms with van der Waals surface area (Å²) in [5.74, 6) is 1.98. The minimum atomic E-state index is 0.451. The molecule has 0 amide bonds. The standard InChI is InChI=1S/C30H26N4O4/c1-35-27-16-25(28(36-2)30(38-4)29(27)37-3)24-14-23-13-21-8-7-19(32-21)11-17-5-6-18(31-17)12-20-9-10-22(33-20)15-26(24)34-23/h5-16,31,34H,1-4H3. The van der Waals surface area contributed by atoms with E-state index < -0.39 is 0 Å². The molecule has 0 saturated heterocycles. The second-order valence-electron chi connectivity index (χ2n) is 8.81. The molecule has 5 heterocycles. The third-order valence-electron chi connectivity index (χ3n) is 6.45. The number of methoxy groups -OCH3 is 4. The molecule has 4 aromatic rings. The van der Waals surface area contributed by atoms with Crippen LogP contribution in [0.4, 0.5) is 0 Å². The van der Waals surface area contributed by atoms with Gasteiger partial charge in [0.05, 0.1) is 51.2 Å². The van der Waals surface area contributed by atoms with Gasteiger partial charge in [0, 0.05) is 33.2 Å². The zero-order valence-corrected chi connectivity index (χ0v) is 21.5. The number of hydrogen-bond acceptors (Lipinski definition) is 6. The average molecular weight is 507 g/mol. The fourth-order valence-corrected chi connectivity index (χ4v) is 4.77. The molecule has 0 fully saturated rings. The van der Waals surface area contributed by atoms with Gasteiger partial charge in [0.2, 0.25) is 11.5 Å². The number of benzene rings is 1. The van der Waals surface area contributed by atoms with E-state index in [1.54, 1.807) is 28.4 Å². The molecule has 8 bridgehead atoms. The van der Waals surface area contributed by atoms with Crippen LogP contribution in [0.25, 0.3) is 57.5 Å². The fraction of sp³-hybridized carbons (Fsp3) is 0.133. The van der Waals surface area contributed by atoms with E-state index in [2.05, 4.69) is 16.0 Å². The highest BCUT2D eigenvalue weighted by molar-refractivity contribution is 5.92. The van der Waals surface area contributed by atoms with Crippen LogP contribution in [-0.2, 0) is 0 Å². The van der Waals surface area contributed by atoms with Crippen molar-refractivity contribution in [3.63, 3.8) is 0 Å². The molecule has 2 N–H and O–H groups in total. The first-order chi connectivity index (χ1) is 18.6. The predicted octanol–water partition coefficient (Wildman–Crippen LogP) is 6.36. The Kier molecular flexibility index (Phi) is 5.84. The molecule has 6 rings (SSSR count). The van der Waals surface area contributed by atoms with E-state index in [0.717, 1.165) is 56.0 Å². The Morgan fingerprint density at radius 1 is 0.500 bits per heavy atom. The number of nitrogens with one attached hydrogen (secondary N) is 2. The van der Waals surface area contributed by atoms with Crippen molar-refractivity contribution in [2.45, 2.75) is 0 Å². The van der Waals surface area contributed by atoms with Crippen LogP contribution in [0.3, 0.4) is 0 Å². The van der Waals surface area contributed by atoms with Gasteiger partial charge in [-0.2, -0.15) is 0 Å². The van der Waals surface area contributed by atoms with Gasteiger partial charge in [-0.1, -0.05) is 0 Å². The van der Waals surface area contributed by atoms with Gasteiger partial charge in [0.25, 0.3) is 0 Å². The summed E-state index contributed by atoms with van der Waals surface area (Å²) in [7, 11) is 6.35. The van der Waals surface area contributed by atoms with Crippen molar-refractivity contribution in [2.75, 3.05) is 28.4 Å². The Balaban J connectivity index is 1.68. The molecular weight excluding hydrogens is 480 g/mol. The molecule has 8 heteroatoms. The van der Waals surface area contributed by atoms with Crippen molar-refractivity contribution >= 4 is 46.4 Å². The second kappa shape index (κ2) is 9.48. The van der Waals surface area contributed by atoms with Crippen LogP contribution in [0.1, 0.15) is 22.8 Å². The SMILES string of the molecule is COc1cc(-c2cc3cc4nc(cc5ccc(cc6nc(cc2[nH]3)C=C6)[nH]5)C=C4)c(OC)c(OC)c1OC. The van der Waals surface area contributed by atoms with Gasteiger partial charge in [-0.3, -0.25) is 0 Å². The summed E-state index contributed by atoms with van der Waals surface area (Å²) in [6.45, 7) is 0. The summed E-state index contributed by atoms with van der Waals surface area (Å²) in [5.41, 5.74) is 8.72. The molecule has 3 aromatic heterocycles. The molecule has 0 spiro atoms. The second-order valence-corrected chi connectivity index (χ2v) is 8.81. The third-order valence-corrected chi connectivity index (χ3v) is 6.45. The Morgan fingerprint density at radius 2 is 1.05 bits per heavy atom. The Morgan fingerprint density at radius 3 is 1.61 bits per heavy atom. The van der Waals surface area contributed by atoms with E-state index in [0.29, 0.717) is 23.0 Å². The van der Waals surface area contributed by atoms with Crippen LogP contribution in [-0.4, -0.2) is 48.4 Å². The summed E-state index contributed by atoms with van der Waals surface area (Å²) in [6, 6.07) is 16.1. The van der Waals surface area contributed by atoms with Gasteiger partial charge in [0.15, 0.2) is 11.5 Å². The maximum Gasteiger partial charge on any atom is 0.207 e. The van der Waals surface area contributed by atoms with Crippen LogP contribution in [0, 0.1) is 0 Å². The first-order valence-electron chi connectivity index (χ1n) is 12.0. The summed E-state index contributed by atoms with van der Waals surface area (Å²) in [6.07, 6.45) is 7.98. The number of rotatable bonds is 5. The summed E-state index contributed by atoms with van der Waals surface area (Å²) >= 11 is 0. The molecule has 190 valence electrons. The van der Waals surface area contributed by atoms with Crippen LogP contribution in [0.15, 0.2) is 48.5 Å². The number of ether oxygens (including phenoxy) is 4. The van der Waals surface area contributed by atoms with Gasteiger partial charge in [-0.15, -0.1) is 0 Å². The molecule has 0 unspecified atom stereocenters. The van der Waals surface area contributed by atoms with Crippen molar-refractivity contribution in [1.82, 2.24) is 19.9 Å². The van der Waals surface area contributed by atoms with E-state index >= 15 is 0 Å². The van der Waals surface area contributed by atoms with Gasteiger partial charge < -0.3 is 28.9 Å². The van der Waals surface area contributed by atoms with E-state index in [1.807, 2.05) is 66.8 Å². The highest BCUT2D eigenvalue weighted by Gasteiger charge is 2.23. The molecule has 2 aliphatic heterocycles. The number of hydrogen-bond donors (Lipinski definition) is 2. The van der Waals surface area contributed by atoms with E-state index in [-0.39, 0.29) is 0 Å². The molecule has 38 heavy (non-hydrogen) atoms. The van der Waals surface area contributed by atoms with Gasteiger partial charge in [-0.05, 0) is 72.8 Å². The van der Waals surface area contributed by atoms with Crippen LogP contribution in [0.5, 0.6) is 23.0 Å². The quantitative estimate of drug-likeness (QED) is 0.283. The lowest BCUT2D eigenvalue weighted by Crippen LogP contribution is -1.99. The molecular formula is C30H26N4O4. The molecule has 0 saturated carbocycles. The van der Waals surface area contributed by atoms with E-state index in [4.69, 9.17) is 28.9 Å². The fourth-order valence-electron chi connectivity index (χ4n) is 4.77. The molecule has 1 aromatic carbocycles. The Hall–Kier alpha value is -4.98. The molecule has 2 aliphatic rings. The van der Waals surface area contributed by atoms with Gasteiger partial charge in [0.1, 0.15) is 0 Å². The Labute approximate surface area is 219 Å². The number of aromatic amines is 2. The first-order valence-corrected chi connectivity index (χ1v) is 12.0. The van der Waals surface area contributed by atoms with Crippen LogP contribution < -0.4 is 18.9 Å². The third kappa shape index (κ3) is 4.16. The van der Waals surface area contributed by atoms with Gasteiger partial charge >= 0.3 is 0 Å². The molecule has 0 aliphatic carbocycles. The van der Waals surface area contributed by atoms with Crippen molar-refractivity contribution < 1.29 is 18.9 Å². The maximum atomic E-state index is 5.83. The minimum absolute atomic E-state index is 0.451. The van der Waals surface area contributed by atoms with Crippen molar-refractivity contribution in [1.29, 1.82) is 0 Å². The average Bonchev–Trinajstić information content (AvgIpc) is 3.72. The lowest BCUT2D eigenvalue weighted by atomic mass is 10.0. The summed E-state index contributed by atoms with van der Waals surface area (Å²) < 4.78 is 22.7. The number of H-pyrrole nitrogens is 2. The molecule has 8 nitrogen and oxygen atoms in total. The zero-order valence-electron chi connectivity index (χ0n) is 21.5. The highest BCUT2D eigenvalue weighted by atomic mass is 16.5. The lowest BCUT2D eigenvalue weighted by molar-refractivity contribution is 0.306. The summed E-state index contributed by atoms with van der Waals surface area (Å²) in [5, 5.41) is 0. The topological polar surface area (TPSA) is 94.3 Å². The van der Waals surface area contributed by atoms with Crippen molar-refractivity contribution in [2.24, 2.45) is 0 Å². The number of nitrogens with zero attached hydrogens (tertiary/aromatic N) is 2. The smallest absolute Gasteiger partial charge is 0.207 e. The van der Waals surface area contributed by atoms with E-state index in [9.17, 15) is 0 Å². The minimum Gasteiger partial charge on any atom is -0.493 e. The molecule has 0 radical (unpaired) electrons. The number of fused-ring (bicyclic) bond motifs is 8. The van der Waals surface area contributed by atoms with E-state index in [1.165, 1.54) is 0 Å². The van der Waals surface area contributed by atoms with Crippen molar-refractivity contribution in [3.05, 3.63) is 71.3 Å². The normalized spacial score (nSPS) is 12.0. The van der Waals surface area contributed by atoms with Crippen LogP contribution >= 0.6 is 0 Å². The summed E-state index contributed by atoms with van der Waals surface area (Å²) in [4.78, 5) is 16.5. The first kappa shape index (κ1) is 23.4. The zero-order chi connectivity index (χ0) is 26.2. The largest absolute Gasteiger partial charge is 0.493 e. The Bertz CT molecular complexity index is 1780. The van der Waals surface area contributed by atoms with Gasteiger partial charge in [-0.25, -0.2) is 9.97 Å². The van der Waals surface area contributed by atoms with Crippen molar-refractivity contribution in [3.8, 4) is 34.1 Å². The predicted molar refractivity (Wildman–Crippen MR) is 151 cm³/mol. The monoisotopic (exact) mass is 506 g/mol.